The highest BCUT2D eigenvalue weighted by Crippen LogP contribution is 2.33. The summed E-state index contributed by atoms with van der Waals surface area (Å²) < 4.78 is 0. The van der Waals surface area contributed by atoms with Gasteiger partial charge in [-0.2, -0.15) is 0 Å². The molecule has 0 bridgehead atoms. The summed E-state index contributed by atoms with van der Waals surface area (Å²) in [5, 5.41) is 0.768. The number of rotatable bonds is 4. The van der Waals surface area contributed by atoms with Crippen molar-refractivity contribution in [2.75, 3.05) is 13.1 Å². The number of likely N-dealkylation sites (tertiary alicyclic amines) is 1. The maximum atomic E-state index is 12.7. The first kappa shape index (κ1) is 19.2. The predicted octanol–water partition coefficient (Wildman–Crippen LogP) is 4.59. The average molecular weight is 397 g/mol. The van der Waals surface area contributed by atoms with Crippen molar-refractivity contribution in [1.29, 1.82) is 0 Å². The molecule has 0 spiro atoms. The largest absolute Gasteiger partial charge is 0.299 e. The third-order valence-electron chi connectivity index (χ3n) is 6.12. The molecule has 0 N–H and O–H groups in total. The molecular formula is C23H25ClN2O2. The highest BCUT2D eigenvalue weighted by atomic mass is 35.5. The molecule has 0 aromatic heterocycles. The van der Waals surface area contributed by atoms with Crippen LogP contribution >= 0.6 is 11.6 Å². The van der Waals surface area contributed by atoms with Crippen molar-refractivity contribution >= 4 is 23.4 Å². The van der Waals surface area contributed by atoms with Gasteiger partial charge in [-0.15, -0.1) is 0 Å². The molecule has 2 unspecified atom stereocenters. The lowest BCUT2D eigenvalue weighted by Gasteiger charge is -2.40. The SMILES string of the molecule is CC1C[C@@H](c2ccc(Cl)cc2)CCN1CC(C)N1C(=O)c2ccccc2C1=O. The maximum absolute atomic E-state index is 12.7. The van der Waals surface area contributed by atoms with Crippen LogP contribution in [0.5, 0.6) is 0 Å². The zero-order valence-corrected chi connectivity index (χ0v) is 17.0. The lowest BCUT2D eigenvalue weighted by Crippen LogP contribution is -2.49. The van der Waals surface area contributed by atoms with E-state index >= 15 is 0 Å². The molecule has 28 heavy (non-hydrogen) atoms. The Labute approximate surface area is 171 Å². The summed E-state index contributed by atoms with van der Waals surface area (Å²) in [6.07, 6.45) is 2.14. The number of imide groups is 1. The van der Waals surface area contributed by atoms with Gasteiger partial charge in [-0.25, -0.2) is 0 Å². The summed E-state index contributed by atoms with van der Waals surface area (Å²) in [5.41, 5.74) is 2.38. The van der Waals surface area contributed by atoms with Gasteiger partial charge in [0.2, 0.25) is 0 Å². The molecule has 2 aliphatic rings. The minimum Gasteiger partial charge on any atom is -0.299 e. The number of piperidine rings is 1. The molecule has 5 heteroatoms. The van der Waals surface area contributed by atoms with E-state index in [1.54, 1.807) is 12.1 Å². The Morgan fingerprint density at radius 3 is 2.21 bits per heavy atom. The number of amides is 2. The monoisotopic (exact) mass is 396 g/mol. The van der Waals surface area contributed by atoms with Gasteiger partial charge in [0.05, 0.1) is 17.2 Å². The van der Waals surface area contributed by atoms with Gasteiger partial charge in [-0.1, -0.05) is 35.9 Å². The van der Waals surface area contributed by atoms with Crippen LogP contribution in [0.2, 0.25) is 5.02 Å². The number of fused-ring (bicyclic) bond motifs is 1. The number of hydrogen-bond acceptors (Lipinski definition) is 3. The third kappa shape index (κ3) is 3.47. The normalized spacial score (nSPS) is 23.8. The van der Waals surface area contributed by atoms with Gasteiger partial charge in [0, 0.05) is 17.6 Å². The lowest BCUT2D eigenvalue weighted by molar-refractivity contribution is 0.0510. The molecule has 4 rings (SSSR count). The van der Waals surface area contributed by atoms with E-state index in [2.05, 4.69) is 24.0 Å². The van der Waals surface area contributed by atoms with Crippen molar-refractivity contribution in [2.24, 2.45) is 0 Å². The smallest absolute Gasteiger partial charge is 0.261 e. The van der Waals surface area contributed by atoms with Crippen molar-refractivity contribution in [2.45, 2.75) is 44.7 Å². The number of carbonyl (C=O) groups is 2. The van der Waals surface area contributed by atoms with E-state index in [-0.39, 0.29) is 17.9 Å². The van der Waals surface area contributed by atoms with Crippen molar-refractivity contribution in [3.8, 4) is 0 Å². The van der Waals surface area contributed by atoms with Crippen molar-refractivity contribution < 1.29 is 9.59 Å². The summed E-state index contributed by atoms with van der Waals surface area (Å²) in [4.78, 5) is 29.3. The number of carbonyl (C=O) groups excluding carboxylic acids is 2. The molecule has 2 aliphatic heterocycles. The molecular weight excluding hydrogens is 372 g/mol. The van der Waals surface area contributed by atoms with E-state index in [9.17, 15) is 9.59 Å². The van der Waals surface area contributed by atoms with Crippen LogP contribution in [-0.2, 0) is 0 Å². The van der Waals surface area contributed by atoms with Crippen LogP contribution in [0.1, 0.15) is 58.9 Å². The second-order valence-electron chi connectivity index (χ2n) is 7.99. The summed E-state index contributed by atoms with van der Waals surface area (Å²) in [6.45, 7) is 5.87. The Bertz CT molecular complexity index is 861. The Balaban J connectivity index is 1.41. The van der Waals surface area contributed by atoms with Gasteiger partial charge in [0.1, 0.15) is 0 Å². The molecule has 2 heterocycles. The molecule has 1 fully saturated rings. The van der Waals surface area contributed by atoms with Gasteiger partial charge in [0.15, 0.2) is 0 Å². The summed E-state index contributed by atoms with van der Waals surface area (Å²) in [7, 11) is 0. The number of hydrogen-bond donors (Lipinski definition) is 0. The minimum absolute atomic E-state index is 0.151. The molecule has 146 valence electrons. The van der Waals surface area contributed by atoms with E-state index in [4.69, 9.17) is 11.6 Å². The number of benzene rings is 2. The Morgan fingerprint density at radius 1 is 1.04 bits per heavy atom. The molecule has 3 atom stereocenters. The van der Waals surface area contributed by atoms with Crippen molar-refractivity contribution in [3.05, 3.63) is 70.2 Å². The fourth-order valence-corrected chi connectivity index (χ4v) is 4.68. The molecule has 4 nitrogen and oxygen atoms in total. The zero-order chi connectivity index (χ0) is 19.8. The van der Waals surface area contributed by atoms with Crippen LogP contribution in [0.4, 0.5) is 0 Å². The lowest BCUT2D eigenvalue weighted by atomic mass is 9.85. The summed E-state index contributed by atoms with van der Waals surface area (Å²) in [6, 6.07) is 15.5. The fraction of sp³-hybridized carbons (Fsp3) is 0.391. The highest BCUT2D eigenvalue weighted by molar-refractivity contribution is 6.30. The highest BCUT2D eigenvalue weighted by Gasteiger charge is 2.39. The quantitative estimate of drug-likeness (QED) is 0.709. The first-order valence-corrected chi connectivity index (χ1v) is 10.3. The van der Waals surface area contributed by atoms with E-state index in [1.807, 2.05) is 31.2 Å². The van der Waals surface area contributed by atoms with Crippen LogP contribution in [0, 0.1) is 0 Å². The van der Waals surface area contributed by atoms with Gasteiger partial charge < -0.3 is 0 Å². The summed E-state index contributed by atoms with van der Waals surface area (Å²) >= 11 is 6.01. The zero-order valence-electron chi connectivity index (χ0n) is 16.3. The van der Waals surface area contributed by atoms with Crippen LogP contribution in [0.15, 0.2) is 48.5 Å². The minimum atomic E-state index is -0.170. The average Bonchev–Trinajstić information content (AvgIpc) is 2.95. The van der Waals surface area contributed by atoms with Gasteiger partial charge in [0.25, 0.3) is 11.8 Å². The maximum Gasteiger partial charge on any atom is 0.261 e. The predicted molar refractivity (Wildman–Crippen MR) is 111 cm³/mol. The fourth-order valence-electron chi connectivity index (χ4n) is 4.56. The molecule has 1 saturated heterocycles. The first-order valence-electron chi connectivity index (χ1n) is 9.92. The topological polar surface area (TPSA) is 40.6 Å². The van der Waals surface area contributed by atoms with Crippen LogP contribution < -0.4 is 0 Å². The third-order valence-corrected chi connectivity index (χ3v) is 6.37. The number of nitrogens with zero attached hydrogens (tertiary/aromatic N) is 2. The standard InChI is InChI=1S/C23H25ClN2O2/c1-15-13-18(17-7-9-19(24)10-8-17)11-12-25(15)14-16(2)26-22(27)20-5-3-4-6-21(20)23(26)28/h3-10,15-16,18H,11-14H2,1-2H3/t15?,16?,18-/m0/s1. The van der Waals surface area contributed by atoms with E-state index in [1.165, 1.54) is 10.5 Å². The molecule has 2 aromatic carbocycles. The van der Waals surface area contributed by atoms with Gasteiger partial charge >= 0.3 is 0 Å². The number of halogens is 1. The van der Waals surface area contributed by atoms with Crippen LogP contribution in [0.3, 0.4) is 0 Å². The second-order valence-corrected chi connectivity index (χ2v) is 8.43. The first-order chi connectivity index (χ1) is 13.5. The van der Waals surface area contributed by atoms with E-state index in [0.29, 0.717) is 29.6 Å². The molecule has 2 aromatic rings. The summed E-state index contributed by atoms with van der Waals surface area (Å²) in [5.74, 6) is 0.187. The van der Waals surface area contributed by atoms with Gasteiger partial charge in [-0.05, 0) is 69.0 Å². The molecule has 2 amide bonds. The molecule has 0 aliphatic carbocycles. The Morgan fingerprint density at radius 2 is 1.64 bits per heavy atom. The molecule has 0 radical (unpaired) electrons. The van der Waals surface area contributed by atoms with Crippen LogP contribution in [0.25, 0.3) is 0 Å². The van der Waals surface area contributed by atoms with Crippen LogP contribution in [-0.4, -0.2) is 46.8 Å². The van der Waals surface area contributed by atoms with Crippen molar-refractivity contribution in [3.63, 3.8) is 0 Å². The van der Waals surface area contributed by atoms with Gasteiger partial charge in [-0.3, -0.25) is 19.4 Å². The van der Waals surface area contributed by atoms with Crippen molar-refractivity contribution in [1.82, 2.24) is 9.80 Å². The Kier molecular flexibility index (Phi) is 5.26. The molecule has 0 saturated carbocycles. The van der Waals surface area contributed by atoms with E-state index in [0.717, 1.165) is 24.4 Å². The van der Waals surface area contributed by atoms with E-state index < -0.39 is 0 Å². The second kappa shape index (κ2) is 7.69. The Hall–Kier alpha value is -2.17.